The predicted molar refractivity (Wildman–Crippen MR) is 45.4 cm³/mol. The summed E-state index contributed by atoms with van der Waals surface area (Å²) in [5.41, 5.74) is 0. The lowest BCUT2D eigenvalue weighted by molar-refractivity contribution is 1.46. The molecule has 1 rings (SSSR count). The summed E-state index contributed by atoms with van der Waals surface area (Å²) in [5, 5.41) is 0. The summed E-state index contributed by atoms with van der Waals surface area (Å²) in [7, 11) is 0. The molecule has 0 unspecified atom stereocenters. The van der Waals surface area contributed by atoms with Gasteiger partial charge >= 0.3 is 0 Å². The largest absolute Gasteiger partial charge is 0.169 e. The van der Waals surface area contributed by atoms with E-state index in [-0.39, 0.29) is 0 Å². The SMILES string of the molecule is C=C=NSc1ccccc1. The highest BCUT2D eigenvalue weighted by molar-refractivity contribution is 7.98. The van der Waals surface area contributed by atoms with E-state index in [0.29, 0.717) is 0 Å². The van der Waals surface area contributed by atoms with E-state index in [1.54, 1.807) is 0 Å². The Labute approximate surface area is 64.6 Å². The molecule has 0 bridgehead atoms. The third-order valence-corrected chi connectivity index (χ3v) is 1.66. The number of rotatable bonds is 2. The third-order valence-electron chi connectivity index (χ3n) is 0.959. The van der Waals surface area contributed by atoms with Crippen molar-refractivity contribution in [2.45, 2.75) is 4.90 Å². The molecule has 0 aromatic heterocycles. The predicted octanol–water partition coefficient (Wildman–Crippen LogP) is 2.55. The first-order chi connectivity index (χ1) is 4.93. The molecule has 50 valence electrons. The molecule has 0 saturated carbocycles. The Balaban J connectivity index is 2.67. The minimum atomic E-state index is 1.11. The average molecular weight is 149 g/mol. The molecule has 0 spiro atoms. The lowest BCUT2D eigenvalue weighted by Crippen LogP contribution is -1.63. The molecule has 0 aliphatic heterocycles. The molecule has 0 N–H and O–H groups in total. The third kappa shape index (κ3) is 2.09. The molecule has 0 aliphatic rings. The lowest BCUT2D eigenvalue weighted by Gasteiger charge is -1.89. The molecular formula is C8H7NS. The van der Waals surface area contributed by atoms with Gasteiger partial charge in [-0.1, -0.05) is 18.2 Å². The van der Waals surface area contributed by atoms with Crippen molar-refractivity contribution in [1.82, 2.24) is 0 Å². The van der Waals surface area contributed by atoms with Crippen LogP contribution in [-0.2, 0) is 0 Å². The topological polar surface area (TPSA) is 12.4 Å². The van der Waals surface area contributed by atoms with Crippen LogP contribution in [0.4, 0.5) is 0 Å². The van der Waals surface area contributed by atoms with Crippen LogP contribution in [0.2, 0.25) is 0 Å². The van der Waals surface area contributed by atoms with Gasteiger partial charge in [0.15, 0.2) is 0 Å². The molecule has 0 amide bonds. The second-order valence-corrected chi connectivity index (χ2v) is 2.49. The van der Waals surface area contributed by atoms with Crippen LogP contribution in [0.25, 0.3) is 0 Å². The van der Waals surface area contributed by atoms with Gasteiger partial charge in [-0.3, -0.25) is 0 Å². The minimum Gasteiger partial charge on any atom is -0.169 e. The molecule has 1 aromatic rings. The summed E-state index contributed by atoms with van der Waals surface area (Å²) in [6, 6.07) is 9.90. The van der Waals surface area contributed by atoms with Gasteiger partial charge in [0, 0.05) is 16.8 Å². The molecule has 2 heteroatoms. The van der Waals surface area contributed by atoms with E-state index < -0.39 is 0 Å². The molecule has 1 aromatic carbocycles. The van der Waals surface area contributed by atoms with E-state index in [1.807, 2.05) is 30.3 Å². The van der Waals surface area contributed by atoms with Gasteiger partial charge in [0.2, 0.25) is 0 Å². The highest BCUT2D eigenvalue weighted by Gasteiger charge is 1.85. The Morgan fingerprint density at radius 1 is 1.30 bits per heavy atom. The highest BCUT2D eigenvalue weighted by Crippen LogP contribution is 2.16. The van der Waals surface area contributed by atoms with Gasteiger partial charge in [0.1, 0.15) is 0 Å². The van der Waals surface area contributed by atoms with Crippen LogP contribution in [0.1, 0.15) is 0 Å². The van der Waals surface area contributed by atoms with Crippen molar-refractivity contribution >= 4 is 17.8 Å². The molecule has 1 nitrogen and oxygen atoms in total. The fourth-order valence-corrected chi connectivity index (χ4v) is 1.02. The maximum absolute atomic E-state index is 3.80. The number of benzene rings is 1. The zero-order valence-corrected chi connectivity index (χ0v) is 6.27. The molecule has 0 fully saturated rings. The first-order valence-corrected chi connectivity index (χ1v) is 3.65. The first kappa shape index (κ1) is 7.13. The standard InChI is InChI=1S/C8H7NS/c1-2-9-10-8-6-4-3-5-7-8/h3-7H,1H2. The van der Waals surface area contributed by atoms with Crippen LogP contribution in [0.5, 0.6) is 0 Å². The van der Waals surface area contributed by atoms with E-state index in [1.165, 1.54) is 11.9 Å². The maximum Gasteiger partial charge on any atom is 0.0313 e. The average Bonchev–Trinajstić information content (AvgIpc) is 2.03. The molecule has 0 heterocycles. The van der Waals surface area contributed by atoms with Crippen LogP contribution < -0.4 is 0 Å². The van der Waals surface area contributed by atoms with Crippen LogP contribution in [-0.4, -0.2) is 5.87 Å². The summed E-state index contributed by atoms with van der Waals surface area (Å²) >= 11 is 1.37. The molecule has 0 atom stereocenters. The van der Waals surface area contributed by atoms with Crippen molar-refractivity contribution in [2.24, 2.45) is 4.40 Å². The zero-order chi connectivity index (χ0) is 7.23. The summed E-state index contributed by atoms with van der Waals surface area (Å²) in [5.74, 6) is 2.45. The Bertz CT molecular complexity index is 237. The zero-order valence-electron chi connectivity index (χ0n) is 5.45. The van der Waals surface area contributed by atoms with E-state index in [0.717, 1.165) is 4.90 Å². The monoisotopic (exact) mass is 149 g/mol. The lowest BCUT2D eigenvalue weighted by atomic mass is 10.4. The molecular weight excluding hydrogens is 142 g/mol. The van der Waals surface area contributed by atoms with E-state index in [9.17, 15) is 0 Å². The van der Waals surface area contributed by atoms with Crippen LogP contribution in [0.15, 0.2) is 46.2 Å². The molecule has 10 heavy (non-hydrogen) atoms. The quantitative estimate of drug-likeness (QED) is 0.465. The van der Waals surface area contributed by atoms with Gasteiger partial charge in [-0.05, 0) is 24.6 Å². The Morgan fingerprint density at radius 3 is 2.60 bits per heavy atom. The Kier molecular flexibility index (Phi) is 2.81. The van der Waals surface area contributed by atoms with Crippen molar-refractivity contribution in [2.75, 3.05) is 0 Å². The normalized spacial score (nSPS) is 8.40. The molecule has 0 radical (unpaired) electrons. The summed E-state index contributed by atoms with van der Waals surface area (Å²) < 4.78 is 3.80. The van der Waals surface area contributed by atoms with Gasteiger partial charge in [0.05, 0.1) is 0 Å². The van der Waals surface area contributed by atoms with Crippen molar-refractivity contribution in [3.8, 4) is 0 Å². The smallest absolute Gasteiger partial charge is 0.0313 e. The van der Waals surface area contributed by atoms with Crippen LogP contribution >= 0.6 is 11.9 Å². The molecule has 0 aliphatic carbocycles. The van der Waals surface area contributed by atoms with Gasteiger partial charge in [-0.25, -0.2) is 0 Å². The first-order valence-electron chi connectivity index (χ1n) is 2.87. The van der Waals surface area contributed by atoms with Crippen molar-refractivity contribution in [3.05, 3.63) is 36.9 Å². The second kappa shape index (κ2) is 3.94. The summed E-state index contributed by atoms with van der Waals surface area (Å²) in [6.07, 6.45) is 0. The number of hydrogen-bond acceptors (Lipinski definition) is 2. The van der Waals surface area contributed by atoms with Crippen molar-refractivity contribution in [1.29, 1.82) is 0 Å². The summed E-state index contributed by atoms with van der Waals surface area (Å²) in [4.78, 5) is 1.11. The fraction of sp³-hybridized carbons (Fsp3) is 0. The maximum atomic E-state index is 3.80. The van der Waals surface area contributed by atoms with Gasteiger partial charge in [-0.2, -0.15) is 4.40 Å². The fourth-order valence-electron chi connectivity index (χ4n) is 0.566. The van der Waals surface area contributed by atoms with Crippen molar-refractivity contribution < 1.29 is 0 Å². The van der Waals surface area contributed by atoms with E-state index in [4.69, 9.17) is 0 Å². The van der Waals surface area contributed by atoms with E-state index in [2.05, 4.69) is 16.8 Å². The van der Waals surface area contributed by atoms with Gasteiger partial charge in [-0.15, -0.1) is 0 Å². The number of nitrogens with zero attached hydrogens (tertiary/aromatic N) is 1. The number of hydrogen-bond donors (Lipinski definition) is 0. The van der Waals surface area contributed by atoms with E-state index >= 15 is 0 Å². The summed E-state index contributed by atoms with van der Waals surface area (Å²) in [6.45, 7) is 3.36. The highest BCUT2D eigenvalue weighted by atomic mass is 32.2. The van der Waals surface area contributed by atoms with Crippen LogP contribution in [0.3, 0.4) is 0 Å². The second-order valence-electron chi connectivity index (χ2n) is 1.65. The van der Waals surface area contributed by atoms with Gasteiger partial charge < -0.3 is 0 Å². The molecule has 0 saturated heterocycles. The van der Waals surface area contributed by atoms with Gasteiger partial charge in [0.25, 0.3) is 0 Å². The van der Waals surface area contributed by atoms with Crippen molar-refractivity contribution in [3.63, 3.8) is 0 Å². The van der Waals surface area contributed by atoms with Crippen LogP contribution in [0, 0.1) is 0 Å². The minimum absolute atomic E-state index is 1.11. The Morgan fingerprint density at radius 2 is 2.00 bits per heavy atom. The Hall–Kier alpha value is -0.980.